The van der Waals surface area contributed by atoms with Crippen LogP contribution in [0, 0.1) is 12.8 Å². The molecule has 1 aromatic heterocycles. The first-order valence-corrected chi connectivity index (χ1v) is 16.5. The number of thiazole rings is 1. The van der Waals surface area contributed by atoms with Gasteiger partial charge in [0.1, 0.15) is 11.3 Å². The summed E-state index contributed by atoms with van der Waals surface area (Å²) in [6, 6.07) is 7.76. The standard InChI is InChI=1S/C32H36ClN3O6S2/c1-18(37)27-22(13-12-20-8-10-21(15-33)11-9-20)16-44-29-23(28(39)36(27)29)14-25(38)26(24-17-43-19(2)34-24)35-42-32(6,7)30(40)41-31(3,4)5/h8-13,17,23,29H,14-16H2,1-7H3/b13-12-,35-26-/t23-,29-/m1/s1. The number of amides is 1. The van der Waals surface area contributed by atoms with Gasteiger partial charge in [-0.15, -0.1) is 34.7 Å². The molecule has 12 heteroatoms. The number of β-lactam (4-membered cyclic amide) rings is 1. The zero-order chi connectivity index (χ0) is 32.4. The average Bonchev–Trinajstić information content (AvgIpc) is 3.39. The van der Waals surface area contributed by atoms with E-state index in [-0.39, 0.29) is 29.2 Å². The number of aromatic nitrogens is 1. The fourth-order valence-corrected chi connectivity index (χ4v) is 6.75. The van der Waals surface area contributed by atoms with Crippen LogP contribution in [0.2, 0.25) is 0 Å². The Balaban J connectivity index is 1.53. The monoisotopic (exact) mass is 657 g/mol. The van der Waals surface area contributed by atoms with Gasteiger partial charge < -0.3 is 9.57 Å². The molecule has 1 saturated heterocycles. The number of oxime groups is 1. The zero-order valence-electron chi connectivity index (χ0n) is 25.8. The summed E-state index contributed by atoms with van der Waals surface area (Å²) in [4.78, 5) is 64.0. The van der Waals surface area contributed by atoms with Crippen LogP contribution in [-0.2, 0) is 34.6 Å². The number of allylic oxidation sites excluding steroid dienone is 2. The summed E-state index contributed by atoms with van der Waals surface area (Å²) >= 11 is 8.72. The molecule has 9 nitrogen and oxygen atoms in total. The molecule has 2 aliphatic rings. The summed E-state index contributed by atoms with van der Waals surface area (Å²) in [5, 5.41) is 6.11. The molecule has 2 aliphatic heterocycles. The third-order valence-electron chi connectivity index (χ3n) is 6.84. The van der Waals surface area contributed by atoms with E-state index in [2.05, 4.69) is 10.1 Å². The minimum atomic E-state index is -1.48. The molecule has 1 aromatic carbocycles. The van der Waals surface area contributed by atoms with Gasteiger partial charge in [0.25, 0.3) is 0 Å². The van der Waals surface area contributed by atoms with Crippen LogP contribution < -0.4 is 0 Å². The van der Waals surface area contributed by atoms with E-state index >= 15 is 0 Å². The number of fused-ring (bicyclic) bond motifs is 1. The second-order valence-electron chi connectivity index (χ2n) is 12.1. The van der Waals surface area contributed by atoms with Gasteiger partial charge in [0.05, 0.1) is 22.0 Å². The Morgan fingerprint density at radius 1 is 1.14 bits per heavy atom. The van der Waals surface area contributed by atoms with Gasteiger partial charge in [0.15, 0.2) is 17.3 Å². The largest absolute Gasteiger partial charge is 0.457 e. The smallest absolute Gasteiger partial charge is 0.353 e. The molecule has 1 amide bonds. The van der Waals surface area contributed by atoms with Crippen LogP contribution in [-0.4, -0.2) is 61.4 Å². The number of rotatable bonds is 11. The van der Waals surface area contributed by atoms with Crippen molar-refractivity contribution in [3.63, 3.8) is 0 Å². The van der Waals surface area contributed by atoms with E-state index in [4.69, 9.17) is 21.2 Å². The minimum absolute atomic E-state index is 0.0795. The fourth-order valence-electron chi connectivity index (χ4n) is 4.58. The normalized spacial score (nSPS) is 19.1. The molecule has 0 aliphatic carbocycles. The van der Waals surface area contributed by atoms with E-state index < -0.39 is 28.9 Å². The van der Waals surface area contributed by atoms with Gasteiger partial charge in [-0.25, -0.2) is 9.78 Å². The molecular weight excluding hydrogens is 622 g/mol. The number of benzene rings is 1. The maximum atomic E-state index is 13.6. The first kappa shape index (κ1) is 33.6. The molecule has 0 spiro atoms. The van der Waals surface area contributed by atoms with Gasteiger partial charge in [-0.3, -0.25) is 19.3 Å². The number of carbonyl (C=O) groups excluding carboxylic acids is 4. The van der Waals surface area contributed by atoms with Crippen LogP contribution in [0.5, 0.6) is 0 Å². The Morgan fingerprint density at radius 3 is 2.39 bits per heavy atom. The summed E-state index contributed by atoms with van der Waals surface area (Å²) in [5.74, 6) is -1.34. The number of hydrogen-bond donors (Lipinski definition) is 0. The fraction of sp³-hybridized carbons (Fsp3) is 0.438. The Hall–Kier alpha value is -3.28. The van der Waals surface area contributed by atoms with E-state index in [0.717, 1.165) is 16.7 Å². The number of esters is 1. The number of aryl methyl sites for hydroxylation is 1. The molecule has 0 N–H and O–H groups in total. The lowest BCUT2D eigenvalue weighted by atomic mass is 9.88. The van der Waals surface area contributed by atoms with Gasteiger partial charge in [0.2, 0.25) is 11.5 Å². The Morgan fingerprint density at radius 2 is 1.82 bits per heavy atom. The van der Waals surface area contributed by atoms with Gasteiger partial charge in [-0.1, -0.05) is 41.6 Å². The van der Waals surface area contributed by atoms with Crippen molar-refractivity contribution in [2.75, 3.05) is 5.75 Å². The van der Waals surface area contributed by atoms with Crippen LogP contribution >= 0.6 is 34.7 Å². The number of thioether (sulfide) groups is 1. The predicted molar refractivity (Wildman–Crippen MR) is 173 cm³/mol. The van der Waals surface area contributed by atoms with E-state index in [1.165, 1.54) is 48.8 Å². The Labute approximate surface area is 270 Å². The number of ketones is 2. The molecule has 0 unspecified atom stereocenters. The topological polar surface area (TPSA) is 115 Å². The highest BCUT2D eigenvalue weighted by atomic mass is 35.5. The van der Waals surface area contributed by atoms with E-state index in [1.54, 1.807) is 33.1 Å². The van der Waals surface area contributed by atoms with Crippen molar-refractivity contribution < 1.29 is 28.8 Å². The van der Waals surface area contributed by atoms with Crippen molar-refractivity contribution in [2.24, 2.45) is 11.1 Å². The molecule has 0 saturated carbocycles. The maximum Gasteiger partial charge on any atom is 0.353 e. The minimum Gasteiger partial charge on any atom is -0.457 e. The first-order chi connectivity index (χ1) is 20.6. The Bertz CT molecular complexity index is 1550. The molecule has 0 bridgehead atoms. The summed E-state index contributed by atoms with van der Waals surface area (Å²) in [7, 11) is 0. The lowest BCUT2D eigenvalue weighted by molar-refractivity contribution is -0.179. The number of nitrogens with zero attached hydrogens (tertiary/aromatic N) is 3. The number of carbonyl (C=O) groups is 4. The van der Waals surface area contributed by atoms with Crippen molar-refractivity contribution >= 4 is 69.9 Å². The summed E-state index contributed by atoms with van der Waals surface area (Å²) in [6.45, 7) is 11.5. The average molecular weight is 658 g/mol. The second-order valence-corrected chi connectivity index (χ2v) is 14.5. The number of alkyl halides is 1. The molecule has 234 valence electrons. The molecule has 0 radical (unpaired) electrons. The highest BCUT2D eigenvalue weighted by Crippen LogP contribution is 2.45. The Kier molecular flexibility index (Phi) is 10.2. The molecule has 2 atom stereocenters. The molecule has 2 aromatic rings. The zero-order valence-corrected chi connectivity index (χ0v) is 28.2. The van der Waals surface area contributed by atoms with E-state index in [1.807, 2.05) is 36.4 Å². The van der Waals surface area contributed by atoms with Crippen molar-refractivity contribution in [1.82, 2.24) is 9.88 Å². The van der Waals surface area contributed by atoms with E-state index in [9.17, 15) is 19.2 Å². The number of ether oxygens (including phenoxy) is 1. The second kappa shape index (κ2) is 13.4. The van der Waals surface area contributed by atoms with Crippen LogP contribution in [0.4, 0.5) is 0 Å². The molecule has 3 heterocycles. The third kappa shape index (κ3) is 7.68. The quantitative estimate of drug-likeness (QED) is 0.0939. The third-order valence-corrected chi connectivity index (χ3v) is 9.28. The first-order valence-electron chi connectivity index (χ1n) is 14.1. The van der Waals surface area contributed by atoms with Crippen molar-refractivity contribution in [3.8, 4) is 0 Å². The summed E-state index contributed by atoms with van der Waals surface area (Å²) < 4.78 is 5.43. The van der Waals surface area contributed by atoms with Crippen LogP contribution in [0.25, 0.3) is 6.08 Å². The highest BCUT2D eigenvalue weighted by Gasteiger charge is 2.53. The van der Waals surface area contributed by atoms with Crippen molar-refractivity contribution in [2.45, 2.75) is 77.3 Å². The van der Waals surface area contributed by atoms with Gasteiger partial charge in [0, 0.05) is 30.4 Å². The molecular formula is C32H36ClN3O6S2. The van der Waals surface area contributed by atoms with Crippen LogP contribution in [0.15, 0.2) is 52.1 Å². The van der Waals surface area contributed by atoms with Gasteiger partial charge in [-0.2, -0.15) is 0 Å². The maximum absolute atomic E-state index is 13.6. The number of Topliss-reactive ketones (excluding diaryl/α,β-unsaturated/α-hetero) is 2. The molecule has 4 rings (SSSR count). The summed E-state index contributed by atoms with van der Waals surface area (Å²) in [5.41, 5.74) is 1.05. The summed E-state index contributed by atoms with van der Waals surface area (Å²) in [6.07, 6.45) is 3.61. The predicted octanol–water partition coefficient (Wildman–Crippen LogP) is 6.08. The van der Waals surface area contributed by atoms with Crippen LogP contribution in [0.3, 0.4) is 0 Å². The lowest BCUT2D eigenvalue weighted by Crippen LogP contribution is -2.61. The molecule has 1 fully saturated rings. The number of halogens is 1. The van der Waals surface area contributed by atoms with Crippen LogP contribution in [0.1, 0.15) is 69.8 Å². The van der Waals surface area contributed by atoms with Gasteiger partial charge in [-0.05, 0) is 58.2 Å². The van der Waals surface area contributed by atoms with Crippen molar-refractivity contribution in [1.29, 1.82) is 0 Å². The van der Waals surface area contributed by atoms with E-state index in [0.29, 0.717) is 28.0 Å². The highest BCUT2D eigenvalue weighted by molar-refractivity contribution is 8.00. The lowest BCUT2D eigenvalue weighted by Gasteiger charge is -2.49. The SMILES string of the molecule is CC(=O)C1=C(/C=C\c2ccc(CCl)cc2)CS[C@@H]2[C@H](CC(=O)/C(=N\OC(C)(C)C(=O)OC(C)(C)C)c3csc(C)n3)C(=O)N12. The molecule has 44 heavy (non-hydrogen) atoms. The van der Waals surface area contributed by atoms with Crippen molar-refractivity contribution in [3.05, 3.63) is 68.8 Å². The number of hydrogen-bond acceptors (Lipinski definition) is 10. The van der Waals surface area contributed by atoms with Gasteiger partial charge >= 0.3 is 5.97 Å².